The number of amides is 1. The number of furan rings is 1. The van der Waals surface area contributed by atoms with Crippen molar-refractivity contribution in [2.24, 2.45) is 0 Å². The van der Waals surface area contributed by atoms with Crippen LogP contribution in [0.3, 0.4) is 0 Å². The molecule has 2 unspecified atom stereocenters. The van der Waals surface area contributed by atoms with Crippen LogP contribution >= 0.6 is 0 Å². The van der Waals surface area contributed by atoms with Crippen LogP contribution in [0.15, 0.2) is 16.7 Å². The number of hydrogen-bond donors (Lipinski definition) is 2. The molecule has 92 valence electrons. The lowest BCUT2D eigenvalue weighted by Gasteiger charge is -2.29. The predicted octanol–water partition coefficient (Wildman–Crippen LogP) is 1.60. The topological polar surface area (TPSA) is 54.3 Å². The minimum atomic E-state index is -0.0706. The van der Waals surface area contributed by atoms with Crippen LogP contribution in [0.4, 0.5) is 0 Å². The summed E-state index contributed by atoms with van der Waals surface area (Å²) in [5, 5.41) is 6.66. The molecular formula is C13H18N2O2. The van der Waals surface area contributed by atoms with E-state index in [1.165, 1.54) is 12.8 Å². The molecule has 0 saturated carbocycles. The number of carbonyl (C=O) groups excluding carboxylic acids is 1. The van der Waals surface area contributed by atoms with Crippen molar-refractivity contribution in [1.29, 1.82) is 0 Å². The second-order valence-corrected chi connectivity index (χ2v) is 5.21. The van der Waals surface area contributed by atoms with Crippen molar-refractivity contribution in [3.05, 3.63) is 23.7 Å². The van der Waals surface area contributed by atoms with Gasteiger partial charge in [0.2, 0.25) is 0 Å². The zero-order valence-electron chi connectivity index (χ0n) is 10.0. The van der Waals surface area contributed by atoms with Gasteiger partial charge in [0.1, 0.15) is 0 Å². The summed E-state index contributed by atoms with van der Waals surface area (Å²) in [6.07, 6.45) is 6.15. The Labute approximate surface area is 101 Å². The van der Waals surface area contributed by atoms with Gasteiger partial charge in [0.05, 0.1) is 6.26 Å². The molecule has 1 aromatic rings. The highest BCUT2D eigenvalue weighted by molar-refractivity contribution is 5.92. The first kappa shape index (κ1) is 10.8. The van der Waals surface area contributed by atoms with Crippen LogP contribution in [0.5, 0.6) is 0 Å². The molecule has 3 heterocycles. The highest BCUT2D eigenvalue weighted by Crippen LogP contribution is 2.27. The molecule has 2 aliphatic heterocycles. The number of aryl methyl sites for hydroxylation is 1. The molecule has 0 aliphatic carbocycles. The van der Waals surface area contributed by atoms with Crippen LogP contribution < -0.4 is 10.6 Å². The Kier molecular flexibility index (Phi) is 2.67. The molecule has 2 N–H and O–H groups in total. The summed E-state index contributed by atoms with van der Waals surface area (Å²) in [5.74, 6) is 0.384. The van der Waals surface area contributed by atoms with Gasteiger partial charge in [-0.25, -0.2) is 0 Å². The third-order valence-electron chi connectivity index (χ3n) is 3.88. The van der Waals surface area contributed by atoms with E-state index in [4.69, 9.17) is 4.42 Å². The lowest BCUT2D eigenvalue weighted by atomic mass is 9.99. The summed E-state index contributed by atoms with van der Waals surface area (Å²) >= 11 is 0. The maximum atomic E-state index is 12.0. The van der Waals surface area contributed by atoms with Crippen molar-refractivity contribution in [1.82, 2.24) is 10.6 Å². The van der Waals surface area contributed by atoms with Gasteiger partial charge >= 0.3 is 0 Å². The molecule has 17 heavy (non-hydrogen) atoms. The fourth-order valence-corrected chi connectivity index (χ4v) is 3.03. The van der Waals surface area contributed by atoms with Crippen molar-refractivity contribution in [2.45, 2.75) is 50.7 Å². The molecule has 0 aromatic carbocycles. The summed E-state index contributed by atoms with van der Waals surface area (Å²) in [5.41, 5.74) is 0.902. The number of nitrogens with one attached hydrogen (secondary N) is 2. The summed E-state index contributed by atoms with van der Waals surface area (Å²) in [6, 6.07) is 3.31. The minimum absolute atomic E-state index is 0.0706. The van der Waals surface area contributed by atoms with Crippen LogP contribution in [0.25, 0.3) is 0 Å². The van der Waals surface area contributed by atoms with Gasteiger partial charge in [-0.05, 0) is 38.7 Å². The lowest BCUT2D eigenvalue weighted by molar-refractivity contribution is 0.0895. The second-order valence-electron chi connectivity index (χ2n) is 5.21. The molecule has 4 nitrogen and oxygen atoms in total. The van der Waals surface area contributed by atoms with Crippen molar-refractivity contribution in [3.63, 3.8) is 0 Å². The van der Waals surface area contributed by atoms with E-state index in [2.05, 4.69) is 10.6 Å². The molecule has 2 aliphatic rings. The molecule has 1 amide bonds. The maximum absolute atomic E-state index is 12.0. The molecule has 4 heteroatoms. The molecule has 2 saturated heterocycles. The summed E-state index contributed by atoms with van der Waals surface area (Å²) in [7, 11) is 0. The van der Waals surface area contributed by atoms with Crippen molar-refractivity contribution < 1.29 is 9.21 Å². The average molecular weight is 234 g/mol. The van der Waals surface area contributed by atoms with Crippen LogP contribution in [0.2, 0.25) is 0 Å². The van der Waals surface area contributed by atoms with Crippen molar-refractivity contribution in [2.75, 3.05) is 0 Å². The van der Waals surface area contributed by atoms with Crippen molar-refractivity contribution in [3.8, 4) is 0 Å². The average Bonchev–Trinajstić information content (AvgIpc) is 2.85. The van der Waals surface area contributed by atoms with E-state index in [0.717, 1.165) is 18.4 Å². The second kappa shape index (κ2) is 4.18. The highest BCUT2D eigenvalue weighted by Gasteiger charge is 2.34. The quantitative estimate of drug-likeness (QED) is 0.817. The van der Waals surface area contributed by atoms with Crippen LogP contribution in [-0.4, -0.2) is 24.0 Å². The third kappa shape index (κ3) is 2.09. The fraction of sp³-hybridized carbons (Fsp3) is 0.615. The van der Waals surface area contributed by atoms with E-state index < -0.39 is 0 Å². The first-order valence-electron chi connectivity index (χ1n) is 6.33. The maximum Gasteiger partial charge on any atom is 0.287 e. The predicted molar refractivity (Wildman–Crippen MR) is 63.9 cm³/mol. The molecule has 0 spiro atoms. The monoisotopic (exact) mass is 234 g/mol. The molecule has 2 atom stereocenters. The molecule has 0 radical (unpaired) electrons. The number of hydrogen-bond acceptors (Lipinski definition) is 3. The third-order valence-corrected chi connectivity index (χ3v) is 3.88. The normalized spacial score (nSPS) is 31.5. The first-order valence-corrected chi connectivity index (χ1v) is 6.33. The molecule has 1 aromatic heterocycles. The smallest absolute Gasteiger partial charge is 0.287 e. The van der Waals surface area contributed by atoms with Gasteiger partial charge in [-0.1, -0.05) is 0 Å². The summed E-state index contributed by atoms with van der Waals surface area (Å²) in [4.78, 5) is 12.0. The number of piperidine rings is 1. The van der Waals surface area contributed by atoms with Gasteiger partial charge in [-0.2, -0.15) is 0 Å². The van der Waals surface area contributed by atoms with E-state index in [1.54, 1.807) is 6.26 Å². The van der Waals surface area contributed by atoms with E-state index in [9.17, 15) is 4.79 Å². The summed E-state index contributed by atoms with van der Waals surface area (Å²) < 4.78 is 5.21. The number of rotatable bonds is 2. The lowest BCUT2D eigenvalue weighted by Crippen LogP contribution is -2.48. The Bertz CT molecular complexity index is 415. The van der Waals surface area contributed by atoms with Gasteiger partial charge in [0.15, 0.2) is 5.76 Å². The molecule has 3 rings (SSSR count). The SMILES string of the molecule is Cc1ccoc1C(=O)NC1CC2CCC(C1)N2. The zero-order chi connectivity index (χ0) is 11.8. The van der Waals surface area contributed by atoms with E-state index in [0.29, 0.717) is 23.9 Å². The Morgan fingerprint density at radius 1 is 1.41 bits per heavy atom. The largest absolute Gasteiger partial charge is 0.459 e. The highest BCUT2D eigenvalue weighted by atomic mass is 16.3. The molecular weight excluding hydrogens is 216 g/mol. The minimum Gasteiger partial charge on any atom is -0.459 e. The fourth-order valence-electron chi connectivity index (χ4n) is 3.03. The van der Waals surface area contributed by atoms with E-state index >= 15 is 0 Å². The number of fused-ring (bicyclic) bond motifs is 2. The summed E-state index contributed by atoms with van der Waals surface area (Å²) in [6.45, 7) is 1.89. The Hall–Kier alpha value is -1.29. The van der Waals surface area contributed by atoms with Gasteiger partial charge in [-0.15, -0.1) is 0 Å². The zero-order valence-corrected chi connectivity index (χ0v) is 10.0. The van der Waals surface area contributed by atoms with Gasteiger partial charge in [-0.3, -0.25) is 4.79 Å². The van der Waals surface area contributed by atoms with Gasteiger partial charge in [0, 0.05) is 23.7 Å². The van der Waals surface area contributed by atoms with Crippen LogP contribution in [0.1, 0.15) is 41.8 Å². The Balaban J connectivity index is 1.64. The Morgan fingerprint density at radius 3 is 2.71 bits per heavy atom. The molecule has 2 bridgehead atoms. The van der Waals surface area contributed by atoms with Crippen LogP contribution in [0, 0.1) is 6.92 Å². The van der Waals surface area contributed by atoms with E-state index in [-0.39, 0.29) is 5.91 Å². The molecule has 2 fully saturated rings. The first-order chi connectivity index (χ1) is 8.22. The standard InChI is InChI=1S/C13H18N2O2/c1-8-4-5-17-12(8)13(16)15-11-6-9-2-3-10(7-11)14-9/h4-5,9-11,14H,2-3,6-7H2,1H3,(H,15,16). The van der Waals surface area contributed by atoms with Gasteiger partial charge < -0.3 is 15.1 Å². The van der Waals surface area contributed by atoms with E-state index in [1.807, 2.05) is 13.0 Å². The Morgan fingerprint density at radius 2 is 2.12 bits per heavy atom. The van der Waals surface area contributed by atoms with Gasteiger partial charge in [0.25, 0.3) is 5.91 Å². The van der Waals surface area contributed by atoms with Crippen LogP contribution in [-0.2, 0) is 0 Å². The number of carbonyl (C=O) groups is 1. The van der Waals surface area contributed by atoms with Crippen molar-refractivity contribution >= 4 is 5.91 Å².